The van der Waals surface area contributed by atoms with Gasteiger partial charge in [-0.3, -0.25) is 0 Å². The number of fused-ring (bicyclic) bond motifs is 1. The minimum absolute atomic E-state index is 0.321. The number of aryl methyl sites for hydroxylation is 1. The van der Waals surface area contributed by atoms with Crippen LogP contribution in [0.5, 0.6) is 0 Å². The first kappa shape index (κ1) is 11.4. The second kappa shape index (κ2) is 4.84. The molecule has 1 heteroatoms. The molecule has 0 radical (unpaired) electrons. The van der Waals surface area contributed by atoms with Crippen molar-refractivity contribution in [3.63, 3.8) is 0 Å². The zero-order valence-electron chi connectivity index (χ0n) is 9.89. The molecule has 0 spiro atoms. The molecule has 1 N–H and O–H groups in total. The topological polar surface area (TPSA) is 20.2 Å². The van der Waals surface area contributed by atoms with Crippen LogP contribution in [0.1, 0.15) is 37.0 Å². The summed E-state index contributed by atoms with van der Waals surface area (Å²) in [5.41, 5.74) is 2.44. The van der Waals surface area contributed by atoms with Gasteiger partial charge in [0.25, 0.3) is 0 Å². The van der Waals surface area contributed by atoms with E-state index in [4.69, 9.17) is 0 Å². The van der Waals surface area contributed by atoms with E-state index >= 15 is 0 Å². The molecule has 2 rings (SSSR count). The number of aliphatic hydroxyl groups is 1. The van der Waals surface area contributed by atoms with Gasteiger partial charge in [0.2, 0.25) is 0 Å². The Morgan fingerprint density at radius 1 is 1.44 bits per heavy atom. The number of allylic oxidation sites excluding steroid dienone is 1. The highest BCUT2D eigenvalue weighted by Crippen LogP contribution is 2.37. The third-order valence-corrected chi connectivity index (χ3v) is 3.81. The SMILES string of the molecule is C=CC(C)C1CCCc2ccccc2C1O. The number of hydrogen-bond acceptors (Lipinski definition) is 1. The zero-order valence-corrected chi connectivity index (χ0v) is 9.89. The molecule has 0 saturated carbocycles. The summed E-state index contributed by atoms with van der Waals surface area (Å²) in [6.07, 6.45) is 4.97. The summed E-state index contributed by atoms with van der Waals surface area (Å²) < 4.78 is 0. The lowest BCUT2D eigenvalue weighted by molar-refractivity contribution is 0.0849. The maximum Gasteiger partial charge on any atom is 0.0826 e. The molecule has 1 aliphatic rings. The van der Waals surface area contributed by atoms with Gasteiger partial charge in [0.15, 0.2) is 0 Å². The van der Waals surface area contributed by atoms with Gasteiger partial charge in [-0.1, -0.05) is 37.3 Å². The zero-order chi connectivity index (χ0) is 11.5. The van der Waals surface area contributed by atoms with Gasteiger partial charge >= 0.3 is 0 Å². The van der Waals surface area contributed by atoms with Crippen LogP contribution in [-0.2, 0) is 6.42 Å². The van der Waals surface area contributed by atoms with Gasteiger partial charge in [-0.2, -0.15) is 0 Å². The van der Waals surface area contributed by atoms with Gasteiger partial charge in [-0.05, 0) is 42.2 Å². The van der Waals surface area contributed by atoms with E-state index in [2.05, 4.69) is 31.7 Å². The molecular weight excluding hydrogens is 196 g/mol. The van der Waals surface area contributed by atoms with E-state index in [0.717, 1.165) is 24.8 Å². The van der Waals surface area contributed by atoms with Crippen molar-refractivity contribution in [2.24, 2.45) is 11.8 Å². The van der Waals surface area contributed by atoms with E-state index in [-0.39, 0.29) is 6.10 Å². The molecule has 1 aromatic rings. The van der Waals surface area contributed by atoms with Crippen LogP contribution in [0.25, 0.3) is 0 Å². The Balaban J connectivity index is 2.33. The second-order valence-electron chi connectivity index (χ2n) is 4.79. The fraction of sp³-hybridized carbons (Fsp3) is 0.467. The number of benzene rings is 1. The van der Waals surface area contributed by atoms with E-state index in [1.807, 2.05) is 12.1 Å². The van der Waals surface area contributed by atoms with Gasteiger partial charge in [-0.15, -0.1) is 6.58 Å². The normalized spacial score (nSPS) is 26.6. The third kappa shape index (κ3) is 2.05. The number of rotatable bonds is 2. The Morgan fingerprint density at radius 3 is 2.94 bits per heavy atom. The van der Waals surface area contributed by atoms with Gasteiger partial charge in [0.1, 0.15) is 0 Å². The van der Waals surface area contributed by atoms with Crippen molar-refractivity contribution < 1.29 is 5.11 Å². The Labute approximate surface area is 97.8 Å². The van der Waals surface area contributed by atoms with Crippen LogP contribution in [0.4, 0.5) is 0 Å². The number of hydrogen-bond donors (Lipinski definition) is 1. The van der Waals surface area contributed by atoms with Crippen LogP contribution in [0.3, 0.4) is 0 Å². The first-order chi connectivity index (χ1) is 7.74. The molecule has 0 aromatic heterocycles. The molecule has 0 amide bonds. The molecule has 3 unspecified atom stereocenters. The average molecular weight is 216 g/mol. The Kier molecular flexibility index (Phi) is 3.45. The minimum atomic E-state index is -0.327. The average Bonchev–Trinajstić information content (AvgIpc) is 2.49. The highest BCUT2D eigenvalue weighted by atomic mass is 16.3. The summed E-state index contributed by atoms with van der Waals surface area (Å²) in [5, 5.41) is 10.5. The van der Waals surface area contributed by atoms with Gasteiger partial charge in [0.05, 0.1) is 6.10 Å². The Morgan fingerprint density at radius 2 is 2.19 bits per heavy atom. The molecule has 86 valence electrons. The molecule has 0 saturated heterocycles. The summed E-state index contributed by atoms with van der Waals surface area (Å²) in [5.74, 6) is 0.697. The quantitative estimate of drug-likeness (QED) is 0.592. The first-order valence-corrected chi connectivity index (χ1v) is 6.12. The van der Waals surface area contributed by atoms with E-state index in [9.17, 15) is 5.11 Å². The maximum absolute atomic E-state index is 10.5. The maximum atomic E-state index is 10.5. The predicted molar refractivity (Wildman–Crippen MR) is 67.2 cm³/mol. The Hall–Kier alpha value is -1.08. The van der Waals surface area contributed by atoms with Crippen molar-refractivity contribution in [1.29, 1.82) is 0 Å². The number of aliphatic hydroxyl groups excluding tert-OH is 1. The van der Waals surface area contributed by atoms with E-state index in [1.54, 1.807) is 0 Å². The minimum Gasteiger partial charge on any atom is -0.388 e. The fourth-order valence-electron chi connectivity index (χ4n) is 2.69. The van der Waals surface area contributed by atoms with Crippen molar-refractivity contribution >= 4 is 0 Å². The van der Waals surface area contributed by atoms with E-state index < -0.39 is 0 Å². The fourth-order valence-corrected chi connectivity index (χ4v) is 2.69. The molecule has 1 aromatic carbocycles. The molecule has 0 bridgehead atoms. The largest absolute Gasteiger partial charge is 0.388 e. The van der Waals surface area contributed by atoms with Crippen LogP contribution in [0.15, 0.2) is 36.9 Å². The van der Waals surface area contributed by atoms with Crippen molar-refractivity contribution in [2.45, 2.75) is 32.3 Å². The Bertz CT molecular complexity index is 369. The van der Waals surface area contributed by atoms with Crippen LogP contribution < -0.4 is 0 Å². The first-order valence-electron chi connectivity index (χ1n) is 6.12. The van der Waals surface area contributed by atoms with Crippen molar-refractivity contribution in [2.75, 3.05) is 0 Å². The summed E-state index contributed by atoms with van der Waals surface area (Å²) in [7, 11) is 0. The van der Waals surface area contributed by atoms with Crippen LogP contribution in [0, 0.1) is 11.8 Å². The highest BCUT2D eigenvalue weighted by Gasteiger charge is 2.28. The van der Waals surface area contributed by atoms with Gasteiger partial charge < -0.3 is 5.11 Å². The van der Waals surface area contributed by atoms with E-state index in [0.29, 0.717) is 11.8 Å². The lowest BCUT2D eigenvalue weighted by Crippen LogP contribution is -2.18. The smallest absolute Gasteiger partial charge is 0.0826 e. The summed E-state index contributed by atoms with van der Waals surface area (Å²) >= 11 is 0. The second-order valence-corrected chi connectivity index (χ2v) is 4.79. The molecule has 0 fully saturated rings. The third-order valence-electron chi connectivity index (χ3n) is 3.81. The summed E-state index contributed by atoms with van der Waals surface area (Å²) in [6, 6.07) is 8.28. The molecule has 1 aliphatic carbocycles. The highest BCUT2D eigenvalue weighted by molar-refractivity contribution is 5.30. The predicted octanol–water partition coefficient (Wildman–Crippen LogP) is 3.49. The van der Waals surface area contributed by atoms with Gasteiger partial charge in [-0.25, -0.2) is 0 Å². The van der Waals surface area contributed by atoms with Crippen LogP contribution >= 0.6 is 0 Å². The van der Waals surface area contributed by atoms with Crippen LogP contribution in [-0.4, -0.2) is 5.11 Å². The summed E-state index contributed by atoms with van der Waals surface area (Å²) in [4.78, 5) is 0. The summed E-state index contributed by atoms with van der Waals surface area (Å²) in [6.45, 7) is 5.99. The molecule has 3 atom stereocenters. The van der Waals surface area contributed by atoms with E-state index in [1.165, 1.54) is 5.56 Å². The molecule has 0 aliphatic heterocycles. The lowest BCUT2D eigenvalue weighted by Gasteiger charge is -2.25. The molecule has 1 nitrogen and oxygen atoms in total. The van der Waals surface area contributed by atoms with Crippen LogP contribution in [0.2, 0.25) is 0 Å². The standard InChI is InChI=1S/C15H20O/c1-3-11(2)13-10-6-8-12-7-4-5-9-14(12)15(13)16/h3-5,7,9,11,13,15-16H,1,6,8,10H2,2H3. The molecule has 16 heavy (non-hydrogen) atoms. The van der Waals surface area contributed by atoms with Crippen molar-refractivity contribution in [1.82, 2.24) is 0 Å². The molecule has 0 heterocycles. The van der Waals surface area contributed by atoms with Crippen molar-refractivity contribution in [3.8, 4) is 0 Å². The monoisotopic (exact) mass is 216 g/mol. The molecular formula is C15H20O. The van der Waals surface area contributed by atoms with Gasteiger partial charge in [0, 0.05) is 0 Å². The van der Waals surface area contributed by atoms with Crippen molar-refractivity contribution in [3.05, 3.63) is 48.0 Å². The lowest BCUT2D eigenvalue weighted by atomic mass is 9.84.